The molecular weight excluding hydrogens is 310 g/mol. The van der Waals surface area contributed by atoms with Gasteiger partial charge in [-0.2, -0.15) is 0 Å². The Bertz CT molecular complexity index is 701. The van der Waals surface area contributed by atoms with Gasteiger partial charge in [0.25, 0.3) is 5.91 Å². The number of furan rings is 1. The predicted octanol–water partition coefficient (Wildman–Crippen LogP) is 2.80. The lowest BCUT2D eigenvalue weighted by Crippen LogP contribution is -2.40. The summed E-state index contributed by atoms with van der Waals surface area (Å²) in [6.45, 7) is 1.71. The second-order valence-electron chi connectivity index (χ2n) is 5.79. The van der Waals surface area contributed by atoms with Gasteiger partial charge in [0.2, 0.25) is 0 Å². The molecule has 126 valence electrons. The van der Waals surface area contributed by atoms with E-state index in [1.54, 1.807) is 4.90 Å². The Labute approximate surface area is 139 Å². The molecule has 0 radical (unpaired) electrons. The smallest absolute Gasteiger partial charge is 0.338 e. The lowest BCUT2D eigenvalue weighted by atomic mass is 10.1. The number of carboxylic acids is 1. The summed E-state index contributed by atoms with van der Waals surface area (Å²) in [6, 6.07) is 11.2. The number of nitrogens with zero attached hydrogens (tertiary/aromatic N) is 1. The highest BCUT2D eigenvalue weighted by Crippen LogP contribution is 2.19. The maximum absolute atomic E-state index is 12.3. The number of aromatic carboxylic acids is 1. The Morgan fingerprint density at radius 2 is 1.92 bits per heavy atom. The normalized spacial score (nSPS) is 15.4. The third-order valence-corrected chi connectivity index (χ3v) is 4.11. The van der Waals surface area contributed by atoms with Crippen molar-refractivity contribution in [3.05, 3.63) is 59.5 Å². The van der Waals surface area contributed by atoms with Crippen LogP contribution in [-0.2, 0) is 11.3 Å². The van der Waals surface area contributed by atoms with Gasteiger partial charge < -0.3 is 19.2 Å². The Kier molecular flexibility index (Phi) is 4.96. The molecule has 0 aliphatic carbocycles. The van der Waals surface area contributed by atoms with Gasteiger partial charge in [0.05, 0.1) is 18.3 Å². The van der Waals surface area contributed by atoms with Gasteiger partial charge in [-0.05, 0) is 18.4 Å². The number of carbonyl (C=O) groups is 2. The van der Waals surface area contributed by atoms with Crippen LogP contribution in [0.4, 0.5) is 0 Å². The fourth-order valence-corrected chi connectivity index (χ4v) is 2.73. The topological polar surface area (TPSA) is 80.0 Å². The third kappa shape index (κ3) is 3.83. The largest absolute Gasteiger partial charge is 0.478 e. The molecule has 1 aromatic carbocycles. The van der Waals surface area contributed by atoms with Crippen LogP contribution >= 0.6 is 0 Å². The van der Waals surface area contributed by atoms with Crippen molar-refractivity contribution >= 4 is 11.9 Å². The Morgan fingerprint density at radius 1 is 1.21 bits per heavy atom. The molecule has 1 saturated heterocycles. The zero-order valence-electron chi connectivity index (χ0n) is 13.2. The molecule has 24 heavy (non-hydrogen) atoms. The number of benzene rings is 1. The van der Waals surface area contributed by atoms with Crippen LogP contribution in [0, 0.1) is 0 Å². The number of carboxylic acid groups (broad SMARTS) is 1. The van der Waals surface area contributed by atoms with Crippen molar-refractivity contribution in [3.63, 3.8) is 0 Å². The molecule has 0 bridgehead atoms. The Hall–Kier alpha value is -2.60. The number of likely N-dealkylation sites (tertiary alicyclic amines) is 1. The van der Waals surface area contributed by atoms with Gasteiger partial charge in [0.1, 0.15) is 6.26 Å². The van der Waals surface area contributed by atoms with Crippen LogP contribution in [0.3, 0.4) is 0 Å². The standard InChI is InChI=1S/C18H19NO5/c20-17(16-10-14(12-24-16)18(21)22)19-8-6-15(7-9-19)23-11-13-4-2-1-3-5-13/h1-5,10,12,15H,6-9,11H2,(H,21,22). The summed E-state index contributed by atoms with van der Waals surface area (Å²) in [5, 5.41) is 8.88. The zero-order valence-corrected chi connectivity index (χ0v) is 13.2. The maximum Gasteiger partial charge on any atom is 0.338 e. The molecule has 0 saturated carbocycles. The Morgan fingerprint density at radius 3 is 2.54 bits per heavy atom. The number of hydrogen-bond donors (Lipinski definition) is 1. The first-order chi connectivity index (χ1) is 11.6. The number of rotatable bonds is 5. The average molecular weight is 329 g/mol. The van der Waals surface area contributed by atoms with E-state index < -0.39 is 5.97 Å². The molecule has 1 aromatic heterocycles. The van der Waals surface area contributed by atoms with E-state index in [0.717, 1.165) is 24.7 Å². The van der Waals surface area contributed by atoms with E-state index in [1.165, 1.54) is 6.07 Å². The minimum absolute atomic E-state index is 0.0144. The first-order valence-electron chi connectivity index (χ1n) is 7.90. The molecule has 2 aromatic rings. The second-order valence-corrected chi connectivity index (χ2v) is 5.79. The van der Waals surface area contributed by atoms with Crippen LogP contribution in [0.15, 0.2) is 47.1 Å². The molecule has 0 unspecified atom stereocenters. The average Bonchev–Trinajstić information content (AvgIpc) is 3.11. The molecule has 3 rings (SSSR count). The fraction of sp³-hybridized carbons (Fsp3) is 0.333. The van der Waals surface area contributed by atoms with E-state index in [9.17, 15) is 9.59 Å². The van der Waals surface area contributed by atoms with Crippen LogP contribution < -0.4 is 0 Å². The quantitative estimate of drug-likeness (QED) is 0.912. The molecule has 1 N–H and O–H groups in total. The molecule has 1 amide bonds. The number of piperidine rings is 1. The van der Waals surface area contributed by atoms with E-state index in [1.807, 2.05) is 30.3 Å². The minimum Gasteiger partial charge on any atom is -0.478 e. The summed E-state index contributed by atoms with van der Waals surface area (Å²) in [6.07, 6.45) is 2.72. The van der Waals surface area contributed by atoms with E-state index in [-0.39, 0.29) is 23.3 Å². The van der Waals surface area contributed by atoms with Crippen LogP contribution in [-0.4, -0.2) is 41.1 Å². The van der Waals surface area contributed by atoms with Gasteiger partial charge in [-0.25, -0.2) is 4.79 Å². The Balaban J connectivity index is 1.49. The lowest BCUT2D eigenvalue weighted by Gasteiger charge is -2.31. The van der Waals surface area contributed by atoms with E-state index in [4.69, 9.17) is 14.3 Å². The van der Waals surface area contributed by atoms with Gasteiger partial charge in [0.15, 0.2) is 5.76 Å². The van der Waals surface area contributed by atoms with Crippen LogP contribution in [0.5, 0.6) is 0 Å². The highest BCUT2D eigenvalue weighted by molar-refractivity contribution is 5.95. The van der Waals surface area contributed by atoms with E-state index in [2.05, 4.69) is 0 Å². The van der Waals surface area contributed by atoms with Crippen LogP contribution in [0.1, 0.15) is 39.3 Å². The highest BCUT2D eigenvalue weighted by Gasteiger charge is 2.26. The van der Waals surface area contributed by atoms with Crippen molar-refractivity contribution in [2.75, 3.05) is 13.1 Å². The van der Waals surface area contributed by atoms with Crippen molar-refractivity contribution in [2.45, 2.75) is 25.6 Å². The molecule has 6 nitrogen and oxygen atoms in total. The number of amides is 1. The van der Waals surface area contributed by atoms with Gasteiger partial charge in [-0.15, -0.1) is 0 Å². The molecular formula is C18H19NO5. The predicted molar refractivity (Wildman–Crippen MR) is 85.8 cm³/mol. The van der Waals surface area contributed by atoms with Gasteiger partial charge >= 0.3 is 5.97 Å². The van der Waals surface area contributed by atoms with E-state index in [0.29, 0.717) is 19.7 Å². The first-order valence-corrected chi connectivity index (χ1v) is 7.90. The molecule has 0 atom stereocenters. The first kappa shape index (κ1) is 16.3. The number of hydrogen-bond acceptors (Lipinski definition) is 4. The summed E-state index contributed by atoms with van der Waals surface area (Å²) in [5.74, 6) is -1.31. The minimum atomic E-state index is -1.11. The summed E-state index contributed by atoms with van der Waals surface area (Å²) in [7, 11) is 0. The van der Waals surface area contributed by atoms with Crippen molar-refractivity contribution < 1.29 is 23.8 Å². The summed E-state index contributed by atoms with van der Waals surface area (Å²) in [4.78, 5) is 24.8. The fourth-order valence-electron chi connectivity index (χ4n) is 2.73. The summed E-state index contributed by atoms with van der Waals surface area (Å²) < 4.78 is 11.0. The molecule has 6 heteroatoms. The van der Waals surface area contributed by atoms with Crippen molar-refractivity contribution in [1.29, 1.82) is 0 Å². The molecule has 0 spiro atoms. The third-order valence-electron chi connectivity index (χ3n) is 4.11. The maximum atomic E-state index is 12.3. The van der Waals surface area contributed by atoms with Crippen molar-refractivity contribution in [3.8, 4) is 0 Å². The SMILES string of the molecule is O=C(O)c1coc(C(=O)N2CCC(OCc3ccccc3)CC2)c1. The zero-order chi connectivity index (χ0) is 16.9. The van der Waals surface area contributed by atoms with Crippen molar-refractivity contribution in [2.24, 2.45) is 0 Å². The van der Waals surface area contributed by atoms with Crippen LogP contribution in [0.2, 0.25) is 0 Å². The second kappa shape index (κ2) is 7.31. The number of carbonyl (C=O) groups excluding carboxylic acids is 1. The highest BCUT2D eigenvalue weighted by atomic mass is 16.5. The van der Waals surface area contributed by atoms with Gasteiger partial charge in [0, 0.05) is 19.2 Å². The van der Waals surface area contributed by atoms with Crippen LogP contribution in [0.25, 0.3) is 0 Å². The molecule has 1 aliphatic rings. The summed E-state index contributed by atoms with van der Waals surface area (Å²) in [5.41, 5.74) is 1.12. The van der Waals surface area contributed by atoms with E-state index >= 15 is 0 Å². The van der Waals surface area contributed by atoms with Gasteiger partial charge in [-0.3, -0.25) is 4.79 Å². The summed E-state index contributed by atoms with van der Waals surface area (Å²) >= 11 is 0. The van der Waals surface area contributed by atoms with Gasteiger partial charge in [-0.1, -0.05) is 30.3 Å². The number of ether oxygens (including phenoxy) is 1. The monoisotopic (exact) mass is 329 g/mol. The van der Waals surface area contributed by atoms with Crippen molar-refractivity contribution in [1.82, 2.24) is 4.90 Å². The molecule has 2 heterocycles. The molecule has 1 fully saturated rings. The lowest BCUT2D eigenvalue weighted by molar-refractivity contribution is -0.00104. The molecule has 1 aliphatic heterocycles.